The molecule has 0 aliphatic heterocycles. The molecule has 8 heteroatoms. The van der Waals surface area contributed by atoms with E-state index in [4.69, 9.17) is 9.47 Å². The maximum absolute atomic E-state index is 12.5. The first-order valence-electron chi connectivity index (χ1n) is 14.6. The molecule has 0 bridgehead atoms. The zero-order chi connectivity index (χ0) is 29.0. The second kappa shape index (κ2) is 19.4. The van der Waals surface area contributed by atoms with Gasteiger partial charge in [0.15, 0.2) is 6.61 Å². The third-order valence-electron chi connectivity index (χ3n) is 6.36. The summed E-state index contributed by atoms with van der Waals surface area (Å²) in [6, 6.07) is 12.7. The van der Waals surface area contributed by atoms with Crippen molar-refractivity contribution in [2.24, 2.45) is 0 Å². The SMILES string of the molecule is CCCCCCCCCCCC(=O)Nc1cccc(C(=O)OCC(=O)Nc2ccc(C(=O)OCCCC)cc2)c1. The normalized spacial score (nSPS) is 10.6. The lowest BCUT2D eigenvalue weighted by Crippen LogP contribution is -2.21. The summed E-state index contributed by atoms with van der Waals surface area (Å²) in [7, 11) is 0. The standard InChI is InChI=1S/C32H44N2O6/c1-3-5-7-8-9-10-11-12-13-17-29(35)34-28-16-14-15-26(23-28)32(38)40-24-30(36)33-27-20-18-25(19-21-27)31(37)39-22-6-4-2/h14-16,18-21,23H,3-13,17,22,24H2,1-2H3,(H,33,36)(H,34,35). The number of rotatable bonds is 19. The molecule has 0 heterocycles. The molecule has 0 aliphatic rings. The molecule has 0 radical (unpaired) electrons. The second-order valence-corrected chi connectivity index (χ2v) is 9.90. The number of hydrogen-bond donors (Lipinski definition) is 2. The molecular formula is C32H44N2O6. The Kier molecular flexibility index (Phi) is 15.8. The predicted molar refractivity (Wildman–Crippen MR) is 157 cm³/mol. The zero-order valence-corrected chi connectivity index (χ0v) is 24.0. The van der Waals surface area contributed by atoms with Gasteiger partial charge in [0.2, 0.25) is 5.91 Å². The zero-order valence-electron chi connectivity index (χ0n) is 24.0. The largest absolute Gasteiger partial charge is 0.462 e. The fourth-order valence-electron chi connectivity index (χ4n) is 4.04. The molecule has 2 aromatic carbocycles. The highest BCUT2D eigenvalue weighted by molar-refractivity contribution is 5.97. The van der Waals surface area contributed by atoms with Crippen LogP contribution in [-0.4, -0.2) is 37.0 Å². The summed E-state index contributed by atoms with van der Waals surface area (Å²) in [4.78, 5) is 49.0. The predicted octanol–water partition coefficient (Wildman–Crippen LogP) is 7.30. The van der Waals surface area contributed by atoms with Crippen LogP contribution in [0.2, 0.25) is 0 Å². The minimum absolute atomic E-state index is 0.0897. The fourth-order valence-corrected chi connectivity index (χ4v) is 4.04. The van der Waals surface area contributed by atoms with Gasteiger partial charge in [0.25, 0.3) is 5.91 Å². The van der Waals surface area contributed by atoms with Crippen LogP contribution in [0.5, 0.6) is 0 Å². The van der Waals surface area contributed by atoms with Crippen LogP contribution in [0.1, 0.15) is 112 Å². The quantitative estimate of drug-likeness (QED) is 0.140. The van der Waals surface area contributed by atoms with E-state index in [1.807, 2.05) is 6.92 Å². The van der Waals surface area contributed by atoms with Crippen LogP contribution in [0.3, 0.4) is 0 Å². The summed E-state index contributed by atoms with van der Waals surface area (Å²) in [5.41, 5.74) is 1.59. The Morgan fingerprint density at radius 1 is 0.600 bits per heavy atom. The van der Waals surface area contributed by atoms with Gasteiger partial charge in [-0.05, 0) is 55.3 Å². The van der Waals surface area contributed by atoms with E-state index in [0.717, 1.165) is 32.1 Å². The molecular weight excluding hydrogens is 508 g/mol. The van der Waals surface area contributed by atoms with Crippen LogP contribution in [-0.2, 0) is 19.1 Å². The van der Waals surface area contributed by atoms with Crippen LogP contribution in [0.15, 0.2) is 48.5 Å². The minimum Gasteiger partial charge on any atom is -0.462 e. The highest BCUT2D eigenvalue weighted by Gasteiger charge is 2.13. The smallest absolute Gasteiger partial charge is 0.338 e. The maximum atomic E-state index is 12.5. The first kappa shape index (κ1) is 32.5. The van der Waals surface area contributed by atoms with E-state index in [9.17, 15) is 19.2 Å². The van der Waals surface area contributed by atoms with Gasteiger partial charge >= 0.3 is 11.9 Å². The molecule has 2 aromatic rings. The van der Waals surface area contributed by atoms with Gasteiger partial charge in [-0.1, -0.05) is 77.7 Å². The molecule has 0 saturated carbocycles. The molecule has 0 aliphatic carbocycles. The Morgan fingerprint density at radius 2 is 1.20 bits per heavy atom. The van der Waals surface area contributed by atoms with Crippen LogP contribution in [0, 0.1) is 0 Å². The van der Waals surface area contributed by atoms with Gasteiger partial charge in [0, 0.05) is 17.8 Å². The lowest BCUT2D eigenvalue weighted by atomic mass is 10.1. The molecule has 0 atom stereocenters. The van der Waals surface area contributed by atoms with E-state index >= 15 is 0 Å². The third-order valence-corrected chi connectivity index (χ3v) is 6.36. The van der Waals surface area contributed by atoms with Crippen molar-refractivity contribution in [3.8, 4) is 0 Å². The van der Waals surface area contributed by atoms with Crippen molar-refractivity contribution in [1.82, 2.24) is 0 Å². The number of carbonyl (C=O) groups is 4. The van der Waals surface area contributed by atoms with Crippen molar-refractivity contribution in [2.75, 3.05) is 23.8 Å². The first-order valence-corrected chi connectivity index (χ1v) is 14.6. The molecule has 2 rings (SSSR count). The Hall–Kier alpha value is -3.68. The third kappa shape index (κ3) is 13.4. The van der Waals surface area contributed by atoms with Gasteiger partial charge in [-0.15, -0.1) is 0 Å². The molecule has 40 heavy (non-hydrogen) atoms. The Morgan fingerprint density at radius 3 is 1.88 bits per heavy atom. The van der Waals surface area contributed by atoms with Crippen molar-refractivity contribution in [3.63, 3.8) is 0 Å². The lowest BCUT2D eigenvalue weighted by Gasteiger charge is -2.09. The van der Waals surface area contributed by atoms with Gasteiger partial charge in [0.1, 0.15) is 0 Å². The molecule has 0 spiro atoms. The monoisotopic (exact) mass is 552 g/mol. The van der Waals surface area contributed by atoms with Gasteiger partial charge in [-0.25, -0.2) is 9.59 Å². The summed E-state index contributed by atoms with van der Waals surface area (Å²) in [5, 5.41) is 5.45. The Balaban J connectivity index is 1.69. The van der Waals surface area contributed by atoms with E-state index < -0.39 is 24.5 Å². The minimum atomic E-state index is -0.671. The number of esters is 2. The van der Waals surface area contributed by atoms with E-state index in [2.05, 4.69) is 17.6 Å². The average molecular weight is 553 g/mol. The van der Waals surface area contributed by atoms with Crippen LogP contribution >= 0.6 is 0 Å². The van der Waals surface area contributed by atoms with Gasteiger partial charge in [-0.2, -0.15) is 0 Å². The second-order valence-electron chi connectivity index (χ2n) is 9.90. The van der Waals surface area contributed by atoms with E-state index in [0.29, 0.717) is 30.0 Å². The van der Waals surface area contributed by atoms with Crippen LogP contribution < -0.4 is 10.6 Å². The maximum Gasteiger partial charge on any atom is 0.338 e. The van der Waals surface area contributed by atoms with Crippen molar-refractivity contribution in [3.05, 3.63) is 59.7 Å². The van der Waals surface area contributed by atoms with Crippen molar-refractivity contribution >= 4 is 35.1 Å². The first-order chi connectivity index (χ1) is 19.4. The van der Waals surface area contributed by atoms with Crippen LogP contribution in [0.4, 0.5) is 11.4 Å². The highest BCUT2D eigenvalue weighted by atomic mass is 16.5. The number of anilines is 2. The summed E-state index contributed by atoms with van der Waals surface area (Å²) in [6.45, 7) is 4.12. The van der Waals surface area contributed by atoms with E-state index in [-0.39, 0.29) is 11.5 Å². The molecule has 2 amide bonds. The summed E-state index contributed by atoms with van der Waals surface area (Å²) < 4.78 is 10.3. The summed E-state index contributed by atoms with van der Waals surface area (Å²) in [5.74, 6) is -1.69. The number of carbonyl (C=O) groups excluding carboxylic acids is 4. The van der Waals surface area contributed by atoms with E-state index in [1.54, 1.807) is 42.5 Å². The lowest BCUT2D eigenvalue weighted by molar-refractivity contribution is -0.119. The molecule has 0 unspecified atom stereocenters. The molecule has 0 aromatic heterocycles. The van der Waals surface area contributed by atoms with Gasteiger partial charge < -0.3 is 20.1 Å². The Bertz CT molecular complexity index is 1070. The summed E-state index contributed by atoms with van der Waals surface area (Å²) in [6.07, 6.45) is 12.8. The molecule has 8 nitrogen and oxygen atoms in total. The molecule has 0 fully saturated rings. The Labute approximate surface area is 238 Å². The van der Waals surface area contributed by atoms with Crippen molar-refractivity contribution < 1.29 is 28.7 Å². The topological polar surface area (TPSA) is 111 Å². The fraction of sp³-hybridized carbons (Fsp3) is 0.500. The number of amides is 2. The van der Waals surface area contributed by atoms with Crippen molar-refractivity contribution in [1.29, 1.82) is 0 Å². The highest BCUT2D eigenvalue weighted by Crippen LogP contribution is 2.15. The number of hydrogen-bond acceptors (Lipinski definition) is 6. The molecule has 2 N–H and O–H groups in total. The number of benzene rings is 2. The number of ether oxygens (including phenoxy) is 2. The summed E-state index contributed by atoms with van der Waals surface area (Å²) >= 11 is 0. The van der Waals surface area contributed by atoms with Gasteiger partial charge in [-0.3, -0.25) is 9.59 Å². The molecule has 0 saturated heterocycles. The molecule has 218 valence electrons. The number of unbranched alkanes of at least 4 members (excludes halogenated alkanes) is 9. The van der Waals surface area contributed by atoms with Crippen LogP contribution in [0.25, 0.3) is 0 Å². The van der Waals surface area contributed by atoms with Crippen molar-refractivity contribution in [2.45, 2.75) is 90.9 Å². The van der Waals surface area contributed by atoms with E-state index in [1.165, 1.54) is 44.6 Å². The van der Waals surface area contributed by atoms with Gasteiger partial charge in [0.05, 0.1) is 17.7 Å². The number of nitrogens with one attached hydrogen (secondary N) is 2. The average Bonchev–Trinajstić information content (AvgIpc) is 2.95.